The number of benzene rings is 2. The molecule has 30 heavy (non-hydrogen) atoms. The molecule has 0 saturated heterocycles. The number of fused-ring (bicyclic) bond motifs is 1. The van der Waals surface area contributed by atoms with Crippen molar-refractivity contribution in [1.82, 2.24) is 9.78 Å². The lowest BCUT2D eigenvalue weighted by molar-refractivity contribution is -0.123. The molecule has 4 rings (SSSR count). The molecule has 8 heteroatoms. The zero-order valence-corrected chi connectivity index (χ0v) is 16.6. The average Bonchev–Trinajstić information content (AvgIpc) is 3.25. The summed E-state index contributed by atoms with van der Waals surface area (Å²) in [5.41, 5.74) is 2.99. The number of carbonyl (C=O) groups is 2. The van der Waals surface area contributed by atoms with Crippen LogP contribution in [0.5, 0.6) is 5.75 Å². The number of methoxy groups -OCH3 is 1. The van der Waals surface area contributed by atoms with Gasteiger partial charge in [0.15, 0.2) is 0 Å². The van der Waals surface area contributed by atoms with Crippen molar-refractivity contribution in [2.75, 3.05) is 17.7 Å². The number of aryl methyl sites for hydroxylation is 1. The second-order valence-electron chi connectivity index (χ2n) is 6.96. The van der Waals surface area contributed by atoms with Crippen molar-refractivity contribution in [1.29, 1.82) is 0 Å². The Morgan fingerprint density at radius 2 is 2.03 bits per heavy atom. The quantitative estimate of drug-likeness (QED) is 0.650. The molecule has 0 fully saturated rings. The van der Waals surface area contributed by atoms with Gasteiger partial charge in [0.2, 0.25) is 5.91 Å². The molecule has 0 radical (unpaired) electrons. The van der Waals surface area contributed by atoms with Crippen LogP contribution in [0.3, 0.4) is 0 Å². The van der Waals surface area contributed by atoms with E-state index in [9.17, 15) is 14.0 Å². The van der Waals surface area contributed by atoms with E-state index in [1.165, 1.54) is 24.3 Å². The molecule has 3 aromatic rings. The molecule has 1 aliphatic rings. The van der Waals surface area contributed by atoms with Gasteiger partial charge in [-0.15, -0.1) is 0 Å². The Hall–Kier alpha value is -3.68. The van der Waals surface area contributed by atoms with E-state index in [1.807, 2.05) is 31.2 Å². The van der Waals surface area contributed by atoms with Crippen molar-refractivity contribution >= 4 is 23.3 Å². The summed E-state index contributed by atoms with van der Waals surface area (Å²) in [6, 6.07) is 12.2. The van der Waals surface area contributed by atoms with E-state index >= 15 is 0 Å². The molecule has 2 amide bonds. The fourth-order valence-electron chi connectivity index (χ4n) is 3.57. The van der Waals surface area contributed by atoms with Gasteiger partial charge in [-0.1, -0.05) is 19.1 Å². The second kappa shape index (κ2) is 7.98. The minimum atomic E-state index is -0.759. The highest BCUT2D eigenvalue weighted by atomic mass is 19.1. The minimum Gasteiger partial charge on any atom is -0.497 e. The summed E-state index contributed by atoms with van der Waals surface area (Å²) in [5.74, 6) is 0.241. The first kappa shape index (κ1) is 19.6. The monoisotopic (exact) mass is 408 g/mol. The molecule has 0 saturated carbocycles. The van der Waals surface area contributed by atoms with E-state index < -0.39 is 6.04 Å². The van der Waals surface area contributed by atoms with Gasteiger partial charge >= 0.3 is 0 Å². The van der Waals surface area contributed by atoms with Crippen molar-refractivity contribution in [2.24, 2.45) is 0 Å². The van der Waals surface area contributed by atoms with Gasteiger partial charge in [-0.05, 0) is 48.4 Å². The van der Waals surface area contributed by atoms with E-state index in [2.05, 4.69) is 15.7 Å². The van der Waals surface area contributed by atoms with Crippen LogP contribution >= 0.6 is 0 Å². The van der Waals surface area contributed by atoms with E-state index in [4.69, 9.17) is 4.74 Å². The number of rotatable bonds is 6. The van der Waals surface area contributed by atoms with Crippen molar-refractivity contribution in [3.8, 4) is 16.9 Å². The number of nitrogens with zero attached hydrogens (tertiary/aromatic N) is 2. The molecule has 1 unspecified atom stereocenters. The van der Waals surface area contributed by atoms with Crippen molar-refractivity contribution < 1.29 is 18.7 Å². The first-order chi connectivity index (χ1) is 14.5. The number of anilines is 2. The molecule has 1 aromatic heterocycles. The highest BCUT2D eigenvalue weighted by molar-refractivity contribution is 6.04. The summed E-state index contributed by atoms with van der Waals surface area (Å²) in [6.07, 6.45) is 0.579. The molecular formula is C22H21FN4O3. The van der Waals surface area contributed by atoms with E-state index in [0.717, 1.165) is 16.8 Å². The molecule has 0 spiro atoms. The maximum Gasteiger partial charge on any atom is 0.251 e. The van der Waals surface area contributed by atoms with E-state index in [1.54, 1.807) is 11.8 Å². The minimum absolute atomic E-state index is 0.0847. The lowest BCUT2D eigenvalue weighted by Gasteiger charge is -2.10. The van der Waals surface area contributed by atoms with Gasteiger partial charge in [0.25, 0.3) is 5.91 Å². The summed E-state index contributed by atoms with van der Waals surface area (Å²) in [5, 5.41) is 10.2. The molecule has 1 atom stereocenters. The Balaban J connectivity index is 1.61. The summed E-state index contributed by atoms with van der Waals surface area (Å²) >= 11 is 0. The first-order valence-electron chi connectivity index (χ1n) is 9.62. The Bertz CT molecular complexity index is 1110. The topological polar surface area (TPSA) is 85.2 Å². The van der Waals surface area contributed by atoms with Gasteiger partial charge in [-0.25, -0.2) is 9.07 Å². The SMILES string of the molecule is CCc1nn2c(c1-c1cccc(OC)c1)NC(=O)C2CC(=O)Nc1ccc(F)cc1. The van der Waals surface area contributed by atoms with Crippen molar-refractivity contribution in [3.63, 3.8) is 0 Å². The van der Waals surface area contributed by atoms with Gasteiger partial charge in [0.05, 0.1) is 19.2 Å². The van der Waals surface area contributed by atoms with Crippen LogP contribution in [0.2, 0.25) is 0 Å². The number of aromatic nitrogens is 2. The molecular weight excluding hydrogens is 387 g/mol. The number of amides is 2. The standard InChI is InChI=1S/C22H21FN4O3/c1-3-17-20(13-5-4-6-16(11-13)30-2)21-25-22(29)18(27(21)26-17)12-19(28)24-15-9-7-14(23)8-10-15/h4-11,18H,3,12H2,1-2H3,(H,24,28)(H,25,29). The van der Waals surface area contributed by atoms with Crippen molar-refractivity contribution in [2.45, 2.75) is 25.8 Å². The Morgan fingerprint density at radius 3 is 2.73 bits per heavy atom. The summed E-state index contributed by atoms with van der Waals surface area (Å²) in [7, 11) is 1.60. The van der Waals surface area contributed by atoms with Gasteiger partial charge in [0.1, 0.15) is 23.4 Å². The lowest BCUT2D eigenvalue weighted by atomic mass is 10.0. The Morgan fingerprint density at radius 1 is 1.27 bits per heavy atom. The van der Waals surface area contributed by atoms with Gasteiger partial charge in [-0.3, -0.25) is 9.59 Å². The fraction of sp³-hybridized carbons (Fsp3) is 0.227. The molecule has 0 aliphatic carbocycles. The normalized spacial score (nSPS) is 14.9. The van der Waals surface area contributed by atoms with Crippen LogP contribution in [0.4, 0.5) is 15.9 Å². The van der Waals surface area contributed by atoms with Gasteiger partial charge in [-0.2, -0.15) is 5.10 Å². The van der Waals surface area contributed by atoms with Crippen LogP contribution in [0.15, 0.2) is 48.5 Å². The van der Waals surface area contributed by atoms with Crippen LogP contribution in [-0.2, 0) is 16.0 Å². The number of nitrogens with one attached hydrogen (secondary N) is 2. The lowest BCUT2D eigenvalue weighted by Crippen LogP contribution is -2.23. The zero-order chi connectivity index (χ0) is 21.3. The van der Waals surface area contributed by atoms with Crippen molar-refractivity contribution in [3.05, 3.63) is 60.0 Å². The maximum atomic E-state index is 13.0. The molecule has 154 valence electrons. The predicted octanol–water partition coefficient (Wildman–Crippen LogP) is 3.78. The van der Waals surface area contributed by atoms with Crippen LogP contribution in [-0.4, -0.2) is 28.7 Å². The number of hydrogen-bond acceptors (Lipinski definition) is 4. The highest BCUT2D eigenvalue weighted by Gasteiger charge is 2.36. The summed E-state index contributed by atoms with van der Waals surface area (Å²) < 4.78 is 19.9. The number of halogens is 1. The predicted molar refractivity (Wildman–Crippen MR) is 111 cm³/mol. The van der Waals surface area contributed by atoms with Crippen LogP contribution < -0.4 is 15.4 Å². The van der Waals surface area contributed by atoms with E-state index in [-0.39, 0.29) is 24.1 Å². The number of carbonyl (C=O) groups excluding carboxylic acids is 2. The molecule has 2 N–H and O–H groups in total. The van der Waals surface area contributed by atoms with Crippen LogP contribution in [0, 0.1) is 5.82 Å². The fourth-order valence-corrected chi connectivity index (χ4v) is 3.57. The third-order valence-corrected chi connectivity index (χ3v) is 5.02. The maximum absolute atomic E-state index is 13.0. The second-order valence-corrected chi connectivity index (χ2v) is 6.96. The largest absolute Gasteiger partial charge is 0.497 e. The number of ether oxygens (including phenoxy) is 1. The molecule has 2 heterocycles. The van der Waals surface area contributed by atoms with E-state index in [0.29, 0.717) is 23.7 Å². The average molecular weight is 408 g/mol. The van der Waals surface area contributed by atoms with Crippen LogP contribution in [0.1, 0.15) is 25.1 Å². The van der Waals surface area contributed by atoms with Gasteiger partial charge in [0, 0.05) is 11.3 Å². The Labute approximate surface area is 172 Å². The van der Waals surface area contributed by atoms with Gasteiger partial charge < -0.3 is 15.4 Å². The first-order valence-corrected chi connectivity index (χ1v) is 9.62. The van der Waals surface area contributed by atoms with Crippen LogP contribution in [0.25, 0.3) is 11.1 Å². The third kappa shape index (κ3) is 3.63. The Kier molecular flexibility index (Phi) is 5.22. The summed E-state index contributed by atoms with van der Waals surface area (Å²) in [4.78, 5) is 25.1. The highest BCUT2D eigenvalue weighted by Crippen LogP contribution is 2.39. The molecule has 7 nitrogen and oxygen atoms in total. The molecule has 0 bridgehead atoms. The zero-order valence-electron chi connectivity index (χ0n) is 16.6. The third-order valence-electron chi connectivity index (χ3n) is 5.02. The molecule has 1 aliphatic heterocycles. The smallest absolute Gasteiger partial charge is 0.251 e. The summed E-state index contributed by atoms with van der Waals surface area (Å²) in [6.45, 7) is 1.99. The number of hydrogen-bond donors (Lipinski definition) is 2. The molecule has 2 aromatic carbocycles.